The monoisotopic (exact) mass is 239 g/mol. The van der Waals surface area contributed by atoms with E-state index in [0.717, 1.165) is 6.42 Å². The maximum atomic E-state index is 12.3. The smallest absolute Gasteiger partial charge is 0.181 e. The molecule has 1 fully saturated rings. The summed E-state index contributed by atoms with van der Waals surface area (Å²) < 4.78 is 24.5. The van der Waals surface area contributed by atoms with Crippen LogP contribution in [0.2, 0.25) is 0 Å². The molecule has 1 aliphatic carbocycles. The summed E-state index contributed by atoms with van der Waals surface area (Å²) in [5, 5.41) is -0.315. The molecule has 0 amide bonds. The Labute approximate surface area is 96.6 Å². The Morgan fingerprint density at radius 2 is 1.94 bits per heavy atom. The molecule has 3 nitrogen and oxygen atoms in total. The Bertz CT molecular complexity index is 465. The van der Waals surface area contributed by atoms with Gasteiger partial charge in [-0.25, -0.2) is 8.42 Å². The van der Waals surface area contributed by atoms with E-state index in [0.29, 0.717) is 17.7 Å². The first-order valence-corrected chi connectivity index (χ1v) is 7.04. The van der Waals surface area contributed by atoms with Gasteiger partial charge in [0, 0.05) is 5.54 Å². The fourth-order valence-corrected chi connectivity index (χ4v) is 4.23. The van der Waals surface area contributed by atoms with Crippen molar-refractivity contribution in [3.63, 3.8) is 0 Å². The van der Waals surface area contributed by atoms with Crippen LogP contribution in [0.3, 0.4) is 0 Å². The zero-order valence-electron chi connectivity index (χ0n) is 9.39. The van der Waals surface area contributed by atoms with Gasteiger partial charge in [-0.15, -0.1) is 0 Å². The number of hydrogen-bond donors (Lipinski definition) is 1. The highest BCUT2D eigenvalue weighted by atomic mass is 32.2. The van der Waals surface area contributed by atoms with Crippen LogP contribution in [0, 0.1) is 0 Å². The van der Waals surface area contributed by atoms with E-state index in [9.17, 15) is 8.42 Å². The third-order valence-corrected chi connectivity index (χ3v) is 5.45. The predicted octanol–water partition coefficient (Wildman–Crippen LogP) is 1.73. The zero-order chi connectivity index (χ0) is 11.8. The number of benzene rings is 1. The average Bonchev–Trinajstić information content (AvgIpc) is 2.61. The van der Waals surface area contributed by atoms with Crippen molar-refractivity contribution < 1.29 is 8.42 Å². The first kappa shape index (κ1) is 11.6. The largest absolute Gasteiger partial charge is 0.325 e. The highest BCUT2D eigenvalue weighted by Crippen LogP contribution is 2.34. The second-order valence-corrected chi connectivity index (χ2v) is 7.10. The van der Waals surface area contributed by atoms with Crippen molar-refractivity contribution in [1.29, 1.82) is 0 Å². The average molecular weight is 239 g/mol. The van der Waals surface area contributed by atoms with Crippen molar-refractivity contribution in [2.75, 3.05) is 0 Å². The number of rotatable bonds is 2. The molecule has 2 rings (SSSR count). The molecular formula is C12H17NO2S. The molecule has 1 saturated carbocycles. The van der Waals surface area contributed by atoms with Crippen molar-refractivity contribution in [3.05, 3.63) is 30.3 Å². The van der Waals surface area contributed by atoms with Crippen molar-refractivity contribution >= 4 is 9.84 Å². The molecule has 88 valence electrons. The molecule has 0 spiro atoms. The highest BCUT2D eigenvalue weighted by molar-refractivity contribution is 7.92. The minimum absolute atomic E-state index is 0.315. The molecule has 0 saturated heterocycles. The van der Waals surface area contributed by atoms with E-state index in [1.54, 1.807) is 24.3 Å². The quantitative estimate of drug-likeness (QED) is 0.855. The van der Waals surface area contributed by atoms with Crippen LogP contribution in [-0.2, 0) is 9.84 Å². The lowest BCUT2D eigenvalue weighted by molar-refractivity contribution is 0.485. The Hall–Kier alpha value is -0.870. The molecular weight excluding hydrogens is 222 g/mol. The summed E-state index contributed by atoms with van der Waals surface area (Å²) in [6, 6.07) is 8.64. The second kappa shape index (κ2) is 3.86. The van der Waals surface area contributed by atoms with E-state index >= 15 is 0 Å². The third-order valence-electron chi connectivity index (χ3n) is 3.24. The van der Waals surface area contributed by atoms with Crippen LogP contribution < -0.4 is 5.73 Å². The van der Waals surface area contributed by atoms with Gasteiger partial charge in [-0.3, -0.25) is 0 Å². The van der Waals surface area contributed by atoms with Crippen LogP contribution in [0.25, 0.3) is 0 Å². The van der Waals surface area contributed by atoms with Gasteiger partial charge in [-0.1, -0.05) is 18.2 Å². The van der Waals surface area contributed by atoms with Crippen LogP contribution in [0.4, 0.5) is 0 Å². The van der Waals surface area contributed by atoms with E-state index < -0.39 is 9.84 Å². The van der Waals surface area contributed by atoms with Gasteiger partial charge in [0.15, 0.2) is 9.84 Å². The maximum absolute atomic E-state index is 12.3. The SMILES string of the molecule is CC1(N)CCC(S(=O)(=O)c2ccccc2)C1. The molecule has 1 aromatic rings. The lowest BCUT2D eigenvalue weighted by Crippen LogP contribution is -2.34. The second-order valence-electron chi connectivity index (χ2n) is 4.88. The van der Waals surface area contributed by atoms with Crippen LogP contribution in [0.1, 0.15) is 26.2 Å². The zero-order valence-corrected chi connectivity index (χ0v) is 10.2. The highest BCUT2D eigenvalue weighted by Gasteiger charge is 2.39. The Morgan fingerprint density at radius 1 is 1.31 bits per heavy atom. The van der Waals surface area contributed by atoms with Gasteiger partial charge in [0.1, 0.15) is 0 Å². The van der Waals surface area contributed by atoms with Crippen LogP contribution in [0.5, 0.6) is 0 Å². The van der Waals surface area contributed by atoms with Gasteiger partial charge >= 0.3 is 0 Å². The summed E-state index contributed by atoms with van der Waals surface area (Å²) in [4.78, 5) is 0.415. The van der Waals surface area contributed by atoms with Crippen molar-refractivity contribution in [1.82, 2.24) is 0 Å². The van der Waals surface area contributed by atoms with E-state index in [4.69, 9.17) is 5.73 Å². The predicted molar refractivity (Wildman–Crippen MR) is 63.9 cm³/mol. The van der Waals surface area contributed by atoms with Crippen molar-refractivity contribution in [3.8, 4) is 0 Å². The van der Waals surface area contributed by atoms with Crippen LogP contribution in [0.15, 0.2) is 35.2 Å². The van der Waals surface area contributed by atoms with Gasteiger partial charge in [-0.05, 0) is 38.3 Å². The Morgan fingerprint density at radius 3 is 2.44 bits per heavy atom. The molecule has 0 aromatic heterocycles. The molecule has 2 unspecified atom stereocenters. The van der Waals surface area contributed by atoms with Crippen LogP contribution >= 0.6 is 0 Å². The first-order chi connectivity index (χ1) is 7.42. The third kappa shape index (κ3) is 2.13. The van der Waals surface area contributed by atoms with Crippen molar-refractivity contribution in [2.24, 2.45) is 5.73 Å². The molecule has 1 aromatic carbocycles. The molecule has 16 heavy (non-hydrogen) atoms. The Balaban J connectivity index is 2.28. The number of hydrogen-bond acceptors (Lipinski definition) is 3. The lowest BCUT2D eigenvalue weighted by Gasteiger charge is -2.17. The van der Waals surface area contributed by atoms with Crippen LogP contribution in [-0.4, -0.2) is 19.2 Å². The van der Waals surface area contributed by atoms with Gasteiger partial charge in [0.25, 0.3) is 0 Å². The van der Waals surface area contributed by atoms with Gasteiger partial charge < -0.3 is 5.73 Å². The molecule has 0 aliphatic heterocycles. The maximum Gasteiger partial charge on any atom is 0.181 e. The molecule has 0 heterocycles. The fraction of sp³-hybridized carbons (Fsp3) is 0.500. The minimum atomic E-state index is -3.19. The molecule has 4 heteroatoms. The molecule has 0 bridgehead atoms. The van der Waals surface area contributed by atoms with E-state index in [1.807, 2.05) is 13.0 Å². The van der Waals surface area contributed by atoms with E-state index in [2.05, 4.69) is 0 Å². The van der Waals surface area contributed by atoms with Gasteiger partial charge in [-0.2, -0.15) is 0 Å². The first-order valence-electron chi connectivity index (χ1n) is 5.50. The summed E-state index contributed by atoms with van der Waals surface area (Å²) in [5.74, 6) is 0. The summed E-state index contributed by atoms with van der Waals surface area (Å²) in [5.41, 5.74) is 5.65. The Kier molecular flexibility index (Phi) is 2.80. The summed E-state index contributed by atoms with van der Waals surface area (Å²) in [7, 11) is -3.19. The lowest BCUT2D eigenvalue weighted by atomic mass is 10.0. The van der Waals surface area contributed by atoms with E-state index in [-0.39, 0.29) is 10.8 Å². The van der Waals surface area contributed by atoms with E-state index in [1.165, 1.54) is 0 Å². The van der Waals surface area contributed by atoms with Gasteiger partial charge in [0.05, 0.1) is 10.1 Å². The topological polar surface area (TPSA) is 60.2 Å². The number of sulfone groups is 1. The van der Waals surface area contributed by atoms with Crippen molar-refractivity contribution in [2.45, 2.75) is 41.9 Å². The molecule has 1 aliphatic rings. The molecule has 2 atom stereocenters. The number of nitrogens with two attached hydrogens (primary N) is 1. The fourth-order valence-electron chi connectivity index (χ4n) is 2.28. The molecule has 2 N–H and O–H groups in total. The minimum Gasteiger partial charge on any atom is -0.325 e. The molecule has 0 radical (unpaired) electrons. The standard InChI is InChI=1S/C12H17NO2S/c1-12(13)8-7-11(9-12)16(14,15)10-5-3-2-4-6-10/h2-6,11H,7-9,13H2,1H3. The summed E-state index contributed by atoms with van der Waals surface area (Å²) in [6.07, 6.45) is 2.01. The summed E-state index contributed by atoms with van der Waals surface area (Å²) >= 11 is 0. The normalized spacial score (nSPS) is 30.5. The van der Waals surface area contributed by atoms with Gasteiger partial charge in [0.2, 0.25) is 0 Å². The summed E-state index contributed by atoms with van der Waals surface area (Å²) in [6.45, 7) is 1.92.